The molecule has 6 nitrogen and oxygen atoms in total. The average Bonchev–Trinajstić information content (AvgIpc) is 2.35. The van der Waals surface area contributed by atoms with Crippen LogP contribution in [0, 0.1) is 0 Å². The van der Waals surface area contributed by atoms with E-state index in [9.17, 15) is 14.7 Å². The average molecular weight is 386 g/mol. The summed E-state index contributed by atoms with van der Waals surface area (Å²) in [6.45, 7) is 7.16. The van der Waals surface area contributed by atoms with Crippen molar-refractivity contribution in [2.75, 3.05) is 23.4 Å². The molecule has 0 bridgehead atoms. The zero-order chi connectivity index (χ0) is 16.5. The molecule has 0 aromatic carbocycles. The van der Waals surface area contributed by atoms with Crippen molar-refractivity contribution in [3.63, 3.8) is 0 Å². The van der Waals surface area contributed by atoms with Crippen LogP contribution in [0.3, 0.4) is 0 Å². The Morgan fingerprint density at radius 1 is 1.33 bits per heavy atom. The lowest BCUT2D eigenvalue weighted by Gasteiger charge is -2.22. The summed E-state index contributed by atoms with van der Waals surface area (Å²) in [5.41, 5.74) is -0.636. The summed E-state index contributed by atoms with van der Waals surface area (Å²) >= 11 is 4.52. The van der Waals surface area contributed by atoms with Crippen LogP contribution in [0.4, 0.5) is 4.79 Å². The van der Waals surface area contributed by atoms with Gasteiger partial charge in [0.25, 0.3) is 0 Å². The zero-order valence-corrected chi connectivity index (χ0v) is 15.3. The van der Waals surface area contributed by atoms with E-state index in [4.69, 9.17) is 9.47 Å². The highest BCUT2D eigenvalue weighted by Crippen LogP contribution is 2.10. The Morgan fingerprint density at radius 2 is 1.95 bits per heavy atom. The molecule has 2 N–H and O–H groups in total. The molecule has 0 rings (SSSR count). The van der Waals surface area contributed by atoms with E-state index in [-0.39, 0.29) is 6.61 Å². The second-order valence-corrected chi connectivity index (χ2v) is 7.02. The number of aliphatic hydroxyl groups excluding tert-OH is 1. The summed E-state index contributed by atoms with van der Waals surface area (Å²) in [6.07, 6.45) is -1.17. The standard InChI is InChI=1S/C13H24BrNO5S/c1-5-19-11(17)10(8-21-7-9(16)6-14)15-12(18)20-13(2,3)4/h9-10,16H,5-8H2,1-4H3,(H,15,18)/t9-,10-/m1/s1. The van der Waals surface area contributed by atoms with Crippen LogP contribution in [0.5, 0.6) is 0 Å². The van der Waals surface area contributed by atoms with Crippen molar-refractivity contribution in [3.05, 3.63) is 0 Å². The summed E-state index contributed by atoms with van der Waals surface area (Å²) in [5.74, 6) is 0.253. The molecule has 0 aromatic rings. The van der Waals surface area contributed by atoms with Gasteiger partial charge in [-0.25, -0.2) is 9.59 Å². The first kappa shape index (κ1) is 20.5. The number of rotatable bonds is 8. The van der Waals surface area contributed by atoms with Crippen molar-refractivity contribution >= 4 is 39.8 Å². The molecule has 21 heavy (non-hydrogen) atoms. The van der Waals surface area contributed by atoms with Crippen LogP contribution in [0.15, 0.2) is 0 Å². The first-order valence-corrected chi connectivity index (χ1v) is 8.95. The number of esters is 1. The molecule has 0 spiro atoms. The molecule has 0 aliphatic rings. The molecule has 0 aromatic heterocycles. The van der Waals surface area contributed by atoms with Crippen LogP contribution in [-0.4, -0.2) is 58.4 Å². The van der Waals surface area contributed by atoms with Crippen molar-refractivity contribution in [1.29, 1.82) is 0 Å². The van der Waals surface area contributed by atoms with Crippen molar-refractivity contribution in [2.24, 2.45) is 0 Å². The van der Waals surface area contributed by atoms with Gasteiger partial charge < -0.3 is 19.9 Å². The van der Waals surface area contributed by atoms with Gasteiger partial charge in [0.1, 0.15) is 11.6 Å². The third-order valence-electron chi connectivity index (χ3n) is 2.03. The van der Waals surface area contributed by atoms with Crippen LogP contribution in [0.1, 0.15) is 27.7 Å². The van der Waals surface area contributed by atoms with Gasteiger partial charge in [0.15, 0.2) is 0 Å². The minimum atomic E-state index is -0.799. The van der Waals surface area contributed by atoms with Gasteiger partial charge in [-0.1, -0.05) is 15.9 Å². The third kappa shape index (κ3) is 10.8. The van der Waals surface area contributed by atoms with E-state index in [0.29, 0.717) is 16.8 Å². The van der Waals surface area contributed by atoms with E-state index >= 15 is 0 Å². The second kappa shape index (κ2) is 10.3. The Balaban J connectivity index is 4.45. The number of ether oxygens (including phenoxy) is 2. The number of halogens is 1. The maximum absolute atomic E-state index is 11.8. The van der Waals surface area contributed by atoms with Gasteiger partial charge in [-0.2, -0.15) is 11.8 Å². The monoisotopic (exact) mass is 385 g/mol. The summed E-state index contributed by atoms with van der Waals surface area (Å²) < 4.78 is 10.0. The maximum Gasteiger partial charge on any atom is 0.408 e. The Bertz CT molecular complexity index is 335. The fourth-order valence-electron chi connectivity index (χ4n) is 1.23. The Hall–Kier alpha value is -0.470. The van der Waals surface area contributed by atoms with E-state index in [1.165, 1.54) is 11.8 Å². The number of alkyl halides is 1. The first-order valence-electron chi connectivity index (χ1n) is 6.67. The molecular formula is C13H24BrNO5S. The van der Waals surface area contributed by atoms with E-state index in [1.54, 1.807) is 27.7 Å². The van der Waals surface area contributed by atoms with Crippen LogP contribution >= 0.6 is 27.7 Å². The third-order valence-corrected chi connectivity index (χ3v) is 3.97. The summed E-state index contributed by atoms with van der Waals surface area (Å²) in [6, 6.07) is -0.799. The highest BCUT2D eigenvalue weighted by atomic mass is 79.9. The second-order valence-electron chi connectivity index (χ2n) is 5.30. The SMILES string of the molecule is CCOC(=O)[C@@H](CSC[C@H](O)CBr)NC(=O)OC(C)(C)C. The molecule has 0 heterocycles. The minimum absolute atomic E-state index is 0.236. The van der Waals surface area contributed by atoms with Crippen LogP contribution in [0.2, 0.25) is 0 Å². The lowest BCUT2D eigenvalue weighted by molar-refractivity contribution is -0.145. The van der Waals surface area contributed by atoms with Crippen molar-refractivity contribution < 1.29 is 24.2 Å². The van der Waals surface area contributed by atoms with Crippen molar-refractivity contribution in [3.8, 4) is 0 Å². The van der Waals surface area contributed by atoms with Crippen LogP contribution in [-0.2, 0) is 14.3 Å². The normalized spacial score (nSPS) is 14.2. The van der Waals surface area contributed by atoms with Gasteiger partial charge in [0.05, 0.1) is 12.7 Å². The Kier molecular flexibility index (Phi) is 10.1. The fraction of sp³-hybridized carbons (Fsp3) is 0.846. The summed E-state index contributed by atoms with van der Waals surface area (Å²) in [4.78, 5) is 23.5. The van der Waals surface area contributed by atoms with Gasteiger partial charge in [-0.15, -0.1) is 0 Å². The zero-order valence-electron chi connectivity index (χ0n) is 12.8. The molecule has 124 valence electrons. The van der Waals surface area contributed by atoms with Gasteiger partial charge in [-0.05, 0) is 27.7 Å². The predicted molar refractivity (Wildman–Crippen MR) is 86.9 cm³/mol. The lowest BCUT2D eigenvalue weighted by atomic mass is 10.2. The molecule has 8 heteroatoms. The van der Waals surface area contributed by atoms with Crippen molar-refractivity contribution in [2.45, 2.75) is 45.4 Å². The van der Waals surface area contributed by atoms with E-state index in [1.807, 2.05) is 0 Å². The number of hydrogen-bond donors (Lipinski definition) is 2. The number of carbonyl (C=O) groups excluding carboxylic acids is 2. The maximum atomic E-state index is 11.8. The Labute approximate surface area is 138 Å². The molecule has 0 aliphatic carbocycles. The predicted octanol–water partition coefficient (Wildman–Crippen LogP) is 1.93. The van der Waals surface area contributed by atoms with Crippen LogP contribution < -0.4 is 5.32 Å². The number of nitrogens with one attached hydrogen (secondary N) is 1. The fourth-order valence-corrected chi connectivity index (χ4v) is 2.74. The van der Waals surface area contributed by atoms with Crippen molar-refractivity contribution in [1.82, 2.24) is 5.32 Å². The smallest absolute Gasteiger partial charge is 0.408 e. The highest BCUT2D eigenvalue weighted by Gasteiger charge is 2.25. The molecule has 0 saturated heterocycles. The molecular weight excluding hydrogens is 362 g/mol. The minimum Gasteiger partial charge on any atom is -0.464 e. The quantitative estimate of drug-likeness (QED) is 0.490. The molecule has 0 fully saturated rings. The topological polar surface area (TPSA) is 84.9 Å². The number of aliphatic hydroxyl groups is 1. The summed E-state index contributed by atoms with van der Waals surface area (Å²) in [7, 11) is 0. The molecule has 2 atom stereocenters. The van der Waals surface area contributed by atoms with Gasteiger partial charge in [0.2, 0.25) is 0 Å². The first-order chi connectivity index (χ1) is 9.69. The number of amides is 1. The lowest BCUT2D eigenvalue weighted by Crippen LogP contribution is -2.46. The molecule has 0 aliphatic heterocycles. The number of hydrogen-bond acceptors (Lipinski definition) is 6. The highest BCUT2D eigenvalue weighted by molar-refractivity contribution is 9.09. The van der Waals surface area contributed by atoms with E-state index < -0.39 is 29.8 Å². The molecule has 0 unspecified atom stereocenters. The van der Waals surface area contributed by atoms with Crippen LogP contribution in [0.25, 0.3) is 0 Å². The van der Waals surface area contributed by atoms with Gasteiger partial charge in [0, 0.05) is 16.8 Å². The van der Waals surface area contributed by atoms with E-state index in [2.05, 4.69) is 21.2 Å². The summed E-state index contributed by atoms with van der Waals surface area (Å²) in [5, 5.41) is 12.4. The molecule has 1 amide bonds. The largest absolute Gasteiger partial charge is 0.464 e. The van der Waals surface area contributed by atoms with Gasteiger partial charge >= 0.3 is 12.1 Å². The molecule has 0 saturated carbocycles. The Morgan fingerprint density at radius 3 is 2.43 bits per heavy atom. The van der Waals surface area contributed by atoms with E-state index in [0.717, 1.165) is 0 Å². The number of carbonyl (C=O) groups is 2. The molecule has 0 radical (unpaired) electrons. The number of thioether (sulfide) groups is 1. The van der Waals surface area contributed by atoms with Gasteiger partial charge in [-0.3, -0.25) is 0 Å². The number of alkyl carbamates (subject to hydrolysis) is 1.